The van der Waals surface area contributed by atoms with Gasteiger partial charge in [-0.15, -0.1) is 5.10 Å². The first-order valence-electron chi connectivity index (χ1n) is 6.98. The maximum absolute atomic E-state index is 6.06. The highest BCUT2D eigenvalue weighted by molar-refractivity contribution is 6.61. The zero-order chi connectivity index (χ0) is 14.4. The molecule has 0 atom stereocenters. The SMILES string of the molecule is CCn1nnc(B2OC(C)(C)C(C)(C)O2)c1C(C)C. The van der Waals surface area contributed by atoms with Gasteiger partial charge in [-0.1, -0.05) is 19.1 Å². The Hall–Kier alpha value is -0.875. The number of aromatic nitrogens is 3. The van der Waals surface area contributed by atoms with Crippen molar-refractivity contribution in [2.45, 2.75) is 72.1 Å². The molecule has 0 radical (unpaired) electrons. The van der Waals surface area contributed by atoms with E-state index in [1.165, 1.54) is 0 Å². The second-order valence-electron chi connectivity index (χ2n) is 6.42. The first-order valence-corrected chi connectivity index (χ1v) is 6.98. The molecule has 0 N–H and O–H groups in total. The van der Waals surface area contributed by atoms with Gasteiger partial charge in [-0.05, 0) is 40.5 Å². The van der Waals surface area contributed by atoms with E-state index >= 15 is 0 Å². The summed E-state index contributed by atoms with van der Waals surface area (Å²) in [5.41, 5.74) is 1.22. The molecule has 1 fully saturated rings. The van der Waals surface area contributed by atoms with Crippen LogP contribution in [0.3, 0.4) is 0 Å². The topological polar surface area (TPSA) is 49.2 Å². The van der Waals surface area contributed by atoms with Crippen molar-refractivity contribution in [1.82, 2.24) is 15.0 Å². The summed E-state index contributed by atoms with van der Waals surface area (Å²) in [5.74, 6) is 0.337. The van der Waals surface area contributed by atoms with Crippen molar-refractivity contribution in [2.75, 3.05) is 0 Å². The van der Waals surface area contributed by atoms with Crippen LogP contribution in [0, 0.1) is 0 Å². The average molecular weight is 265 g/mol. The van der Waals surface area contributed by atoms with Crippen LogP contribution >= 0.6 is 0 Å². The molecule has 0 aromatic carbocycles. The number of aryl methyl sites for hydroxylation is 1. The van der Waals surface area contributed by atoms with Crippen molar-refractivity contribution < 1.29 is 9.31 Å². The van der Waals surface area contributed by atoms with Crippen LogP contribution in [-0.2, 0) is 15.9 Å². The molecule has 106 valence electrons. The summed E-state index contributed by atoms with van der Waals surface area (Å²) in [7, 11) is -0.428. The van der Waals surface area contributed by atoms with E-state index in [9.17, 15) is 0 Å². The molecule has 6 heteroatoms. The zero-order valence-electron chi connectivity index (χ0n) is 13.0. The molecule has 2 rings (SSSR count). The minimum Gasteiger partial charge on any atom is -0.398 e. The van der Waals surface area contributed by atoms with Crippen molar-refractivity contribution in [3.63, 3.8) is 0 Å². The molecule has 1 saturated heterocycles. The van der Waals surface area contributed by atoms with E-state index in [1.54, 1.807) is 0 Å². The highest BCUT2D eigenvalue weighted by Gasteiger charge is 2.53. The van der Waals surface area contributed by atoms with Crippen LogP contribution in [-0.4, -0.2) is 33.3 Å². The number of rotatable bonds is 3. The van der Waals surface area contributed by atoms with Gasteiger partial charge < -0.3 is 9.31 Å². The molecule has 5 nitrogen and oxygen atoms in total. The Kier molecular flexibility index (Phi) is 3.52. The van der Waals surface area contributed by atoms with E-state index in [4.69, 9.17) is 9.31 Å². The molecule has 19 heavy (non-hydrogen) atoms. The third kappa shape index (κ3) is 2.32. The average Bonchev–Trinajstić information content (AvgIpc) is 2.78. The molecule has 0 spiro atoms. The van der Waals surface area contributed by atoms with Crippen molar-refractivity contribution in [3.05, 3.63) is 5.69 Å². The molecule has 0 unspecified atom stereocenters. The summed E-state index contributed by atoms with van der Waals surface area (Å²) < 4.78 is 14.0. The lowest BCUT2D eigenvalue weighted by Crippen LogP contribution is -2.41. The molecule has 2 heterocycles. The molecule has 1 aromatic heterocycles. The summed E-state index contributed by atoms with van der Waals surface area (Å²) in [6.07, 6.45) is 0. The van der Waals surface area contributed by atoms with Gasteiger partial charge in [-0.25, -0.2) is 4.68 Å². The Labute approximate surface area is 115 Å². The Morgan fingerprint density at radius 1 is 1.16 bits per heavy atom. The molecule has 0 aliphatic carbocycles. The van der Waals surface area contributed by atoms with E-state index in [-0.39, 0.29) is 11.2 Å². The van der Waals surface area contributed by atoms with E-state index in [0.29, 0.717) is 5.92 Å². The predicted molar refractivity (Wildman–Crippen MR) is 75.5 cm³/mol. The van der Waals surface area contributed by atoms with Crippen LogP contribution in [0.15, 0.2) is 0 Å². The highest BCUT2D eigenvalue weighted by atomic mass is 16.7. The third-order valence-corrected chi connectivity index (χ3v) is 4.12. The number of hydrogen-bond donors (Lipinski definition) is 0. The molecular formula is C13H24BN3O2. The van der Waals surface area contributed by atoms with Crippen LogP contribution < -0.4 is 5.59 Å². The molecular weight excluding hydrogens is 241 g/mol. The Morgan fingerprint density at radius 2 is 1.68 bits per heavy atom. The first kappa shape index (κ1) is 14.5. The van der Waals surface area contributed by atoms with Crippen molar-refractivity contribution >= 4 is 12.7 Å². The highest BCUT2D eigenvalue weighted by Crippen LogP contribution is 2.36. The van der Waals surface area contributed by atoms with Gasteiger partial charge in [0.25, 0.3) is 0 Å². The summed E-state index contributed by atoms with van der Waals surface area (Å²) in [6, 6.07) is 0. The fourth-order valence-electron chi connectivity index (χ4n) is 2.28. The van der Waals surface area contributed by atoms with Gasteiger partial charge in [0.05, 0.1) is 16.9 Å². The fraction of sp³-hybridized carbons (Fsp3) is 0.846. The third-order valence-electron chi connectivity index (χ3n) is 4.12. The monoisotopic (exact) mass is 265 g/mol. The maximum Gasteiger partial charge on any atom is 0.518 e. The quantitative estimate of drug-likeness (QED) is 0.781. The first-order chi connectivity index (χ1) is 8.69. The Bertz CT molecular complexity index is 452. The predicted octanol–water partition coefficient (Wildman–Crippen LogP) is 1.72. The smallest absolute Gasteiger partial charge is 0.398 e. The van der Waals surface area contributed by atoms with Crippen LogP contribution in [0.25, 0.3) is 0 Å². The van der Waals surface area contributed by atoms with Gasteiger partial charge in [0.15, 0.2) is 0 Å². The minimum atomic E-state index is -0.428. The maximum atomic E-state index is 6.06. The molecule has 0 bridgehead atoms. The van der Waals surface area contributed by atoms with Gasteiger partial charge in [0, 0.05) is 6.54 Å². The minimum absolute atomic E-state index is 0.337. The van der Waals surface area contributed by atoms with Gasteiger partial charge in [-0.3, -0.25) is 0 Å². The molecule has 1 aromatic rings. The van der Waals surface area contributed by atoms with E-state index in [1.807, 2.05) is 32.4 Å². The van der Waals surface area contributed by atoms with Crippen LogP contribution in [0.2, 0.25) is 0 Å². The van der Waals surface area contributed by atoms with Gasteiger partial charge in [0.2, 0.25) is 0 Å². The molecule has 0 amide bonds. The molecule has 1 aliphatic heterocycles. The van der Waals surface area contributed by atoms with E-state index in [0.717, 1.165) is 17.8 Å². The van der Waals surface area contributed by atoms with Gasteiger partial charge >= 0.3 is 7.12 Å². The number of hydrogen-bond acceptors (Lipinski definition) is 4. The van der Waals surface area contributed by atoms with Crippen molar-refractivity contribution in [3.8, 4) is 0 Å². The summed E-state index contributed by atoms with van der Waals surface area (Å²) in [4.78, 5) is 0. The normalized spacial score (nSPS) is 21.4. The van der Waals surface area contributed by atoms with E-state index < -0.39 is 7.12 Å². The summed E-state index contributed by atoms with van der Waals surface area (Å²) in [5, 5.41) is 8.49. The fourth-order valence-corrected chi connectivity index (χ4v) is 2.28. The molecule has 1 aliphatic rings. The largest absolute Gasteiger partial charge is 0.518 e. The lowest BCUT2D eigenvalue weighted by Gasteiger charge is -2.32. The van der Waals surface area contributed by atoms with Crippen LogP contribution in [0.1, 0.15) is 60.1 Å². The van der Waals surface area contributed by atoms with Crippen molar-refractivity contribution in [2.24, 2.45) is 0 Å². The van der Waals surface area contributed by atoms with Crippen LogP contribution in [0.5, 0.6) is 0 Å². The lowest BCUT2D eigenvalue weighted by molar-refractivity contribution is 0.00578. The zero-order valence-corrected chi connectivity index (χ0v) is 13.0. The van der Waals surface area contributed by atoms with E-state index in [2.05, 4.69) is 31.1 Å². The van der Waals surface area contributed by atoms with Gasteiger partial charge in [0.1, 0.15) is 5.59 Å². The van der Waals surface area contributed by atoms with Crippen molar-refractivity contribution in [1.29, 1.82) is 0 Å². The second-order valence-corrected chi connectivity index (χ2v) is 6.42. The van der Waals surface area contributed by atoms with Crippen LogP contribution in [0.4, 0.5) is 0 Å². The summed E-state index contributed by atoms with van der Waals surface area (Å²) >= 11 is 0. The standard InChI is InChI=1S/C13H24BN3O2/c1-8-17-10(9(2)3)11(15-16-17)14-18-12(4,5)13(6,7)19-14/h9H,8H2,1-7H3. The summed E-state index contributed by atoms with van der Waals surface area (Å²) in [6.45, 7) is 15.3. The van der Waals surface area contributed by atoms with Gasteiger partial charge in [-0.2, -0.15) is 0 Å². The Morgan fingerprint density at radius 3 is 2.11 bits per heavy atom. The molecule has 0 saturated carbocycles. The number of nitrogens with zero attached hydrogens (tertiary/aromatic N) is 3. The Balaban J connectivity index is 2.37. The lowest BCUT2D eigenvalue weighted by atomic mass is 9.81. The second kappa shape index (κ2) is 4.60.